The van der Waals surface area contributed by atoms with Crippen molar-refractivity contribution in [2.45, 2.75) is 0 Å². The largest absolute Gasteiger partial charge is 0.322 e. The molecule has 0 aliphatic rings. The van der Waals surface area contributed by atoms with Gasteiger partial charge in [-0.3, -0.25) is 10.1 Å². The van der Waals surface area contributed by atoms with E-state index >= 15 is 0 Å². The smallest absolute Gasteiger partial charge is 0.181 e. The minimum Gasteiger partial charge on any atom is -0.322 e. The molecule has 0 unspecified atom stereocenters. The van der Waals surface area contributed by atoms with Crippen LogP contribution in [0.15, 0.2) is 79.0 Å². The zero-order valence-electron chi connectivity index (χ0n) is 16.2. The van der Waals surface area contributed by atoms with E-state index in [-0.39, 0.29) is 5.82 Å². The molecule has 3 aromatic heterocycles. The third-order valence-corrected chi connectivity index (χ3v) is 5.27. The average Bonchev–Trinajstić information content (AvgIpc) is 3.23. The molecule has 148 valence electrons. The van der Waals surface area contributed by atoms with Crippen LogP contribution in [0.2, 0.25) is 0 Å². The highest BCUT2D eigenvalue weighted by Gasteiger charge is 2.15. The van der Waals surface area contributed by atoms with Crippen LogP contribution in [0.25, 0.3) is 44.1 Å². The van der Waals surface area contributed by atoms with Crippen molar-refractivity contribution in [3.8, 4) is 11.5 Å². The van der Waals surface area contributed by atoms with Gasteiger partial charge in [0.05, 0.1) is 5.52 Å². The fourth-order valence-corrected chi connectivity index (χ4v) is 3.79. The second kappa shape index (κ2) is 6.84. The van der Waals surface area contributed by atoms with Gasteiger partial charge >= 0.3 is 0 Å². The molecular formula is C24H15FN6. The summed E-state index contributed by atoms with van der Waals surface area (Å²) in [5.41, 5.74) is 1.82. The zero-order chi connectivity index (χ0) is 20.8. The number of pyridine rings is 1. The normalized spacial score (nSPS) is 11.4. The van der Waals surface area contributed by atoms with E-state index in [1.807, 2.05) is 54.6 Å². The molecule has 0 saturated carbocycles. The Bertz CT molecular complexity index is 1580. The molecule has 0 aliphatic carbocycles. The molecule has 31 heavy (non-hydrogen) atoms. The Labute approximate surface area is 175 Å². The number of aromatic nitrogens is 5. The van der Waals surface area contributed by atoms with Gasteiger partial charge in [0.2, 0.25) is 0 Å². The van der Waals surface area contributed by atoms with Crippen molar-refractivity contribution in [1.29, 1.82) is 0 Å². The summed E-state index contributed by atoms with van der Waals surface area (Å²) >= 11 is 0. The molecular weight excluding hydrogens is 391 g/mol. The quantitative estimate of drug-likeness (QED) is 0.400. The number of anilines is 2. The average molecular weight is 406 g/mol. The van der Waals surface area contributed by atoms with Crippen molar-refractivity contribution >= 4 is 44.2 Å². The minimum atomic E-state index is -0.355. The second-order valence-corrected chi connectivity index (χ2v) is 7.15. The summed E-state index contributed by atoms with van der Waals surface area (Å²) in [5.74, 6) is 1.22. The highest BCUT2D eigenvalue weighted by atomic mass is 19.1. The Morgan fingerprint density at radius 2 is 1.55 bits per heavy atom. The molecule has 6 aromatic rings. The lowest BCUT2D eigenvalue weighted by molar-refractivity contribution is 0.636. The first kappa shape index (κ1) is 17.5. The number of fused-ring (bicyclic) bond motifs is 3. The van der Waals surface area contributed by atoms with Gasteiger partial charge in [-0.15, -0.1) is 0 Å². The van der Waals surface area contributed by atoms with Gasteiger partial charge < -0.3 is 5.32 Å². The Morgan fingerprint density at radius 3 is 2.48 bits per heavy atom. The molecule has 0 bridgehead atoms. The van der Waals surface area contributed by atoms with Crippen LogP contribution in [-0.4, -0.2) is 25.1 Å². The summed E-state index contributed by atoms with van der Waals surface area (Å²) in [7, 11) is 0. The zero-order valence-corrected chi connectivity index (χ0v) is 16.2. The summed E-state index contributed by atoms with van der Waals surface area (Å²) < 4.78 is 14.1. The molecule has 6 rings (SSSR count). The van der Waals surface area contributed by atoms with E-state index in [1.165, 1.54) is 6.07 Å². The number of hydrogen-bond donors (Lipinski definition) is 2. The fraction of sp³-hybridized carbons (Fsp3) is 0. The molecule has 0 saturated heterocycles. The summed E-state index contributed by atoms with van der Waals surface area (Å²) in [6.07, 6.45) is 1.76. The predicted molar refractivity (Wildman–Crippen MR) is 120 cm³/mol. The van der Waals surface area contributed by atoms with E-state index in [0.29, 0.717) is 34.1 Å². The number of rotatable bonds is 3. The number of nitrogens with zero attached hydrogens (tertiary/aromatic N) is 4. The van der Waals surface area contributed by atoms with Gasteiger partial charge in [-0.2, -0.15) is 5.10 Å². The third-order valence-electron chi connectivity index (χ3n) is 5.27. The summed E-state index contributed by atoms with van der Waals surface area (Å²) in [4.78, 5) is 14.1. The Morgan fingerprint density at radius 1 is 0.742 bits per heavy atom. The molecule has 7 heteroatoms. The number of hydrogen-bond acceptors (Lipinski definition) is 5. The first-order chi connectivity index (χ1) is 15.3. The standard InChI is InChI=1S/C24H15FN6/c25-18-10-5-9-17-20(18)30-31-23(17)28-22-16-8-3-4-11-19(16)27-24(29-22)21-15-7-2-1-6-14(15)12-13-26-21/h1-13H,(H2,27,28,29,30,31). The van der Waals surface area contributed by atoms with Crippen LogP contribution >= 0.6 is 0 Å². The molecule has 0 aliphatic heterocycles. The van der Waals surface area contributed by atoms with E-state index in [1.54, 1.807) is 18.3 Å². The van der Waals surface area contributed by atoms with Crippen LogP contribution in [0.1, 0.15) is 0 Å². The fourth-order valence-electron chi connectivity index (χ4n) is 3.79. The number of aromatic amines is 1. The van der Waals surface area contributed by atoms with Crippen molar-refractivity contribution in [3.63, 3.8) is 0 Å². The number of nitrogens with one attached hydrogen (secondary N) is 2. The van der Waals surface area contributed by atoms with Crippen molar-refractivity contribution in [1.82, 2.24) is 25.1 Å². The van der Waals surface area contributed by atoms with Gasteiger partial charge in [-0.25, -0.2) is 14.4 Å². The van der Waals surface area contributed by atoms with Gasteiger partial charge in [0.15, 0.2) is 11.6 Å². The van der Waals surface area contributed by atoms with Crippen LogP contribution in [0.3, 0.4) is 0 Å². The minimum absolute atomic E-state index is 0.347. The third kappa shape index (κ3) is 2.86. The van der Waals surface area contributed by atoms with E-state index < -0.39 is 0 Å². The van der Waals surface area contributed by atoms with Crippen molar-refractivity contribution in [3.05, 3.63) is 84.8 Å². The first-order valence-electron chi connectivity index (χ1n) is 9.78. The molecule has 2 N–H and O–H groups in total. The Kier molecular flexibility index (Phi) is 3.86. The summed E-state index contributed by atoms with van der Waals surface area (Å²) in [6.45, 7) is 0. The highest BCUT2D eigenvalue weighted by Crippen LogP contribution is 2.31. The molecule has 0 amide bonds. The van der Waals surface area contributed by atoms with Gasteiger partial charge in [-0.05, 0) is 35.7 Å². The summed E-state index contributed by atoms with van der Waals surface area (Å²) in [5, 5.41) is 13.8. The van der Waals surface area contributed by atoms with E-state index in [2.05, 4.69) is 20.5 Å². The van der Waals surface area contributed by atoms with Gasteiger partial charge in [0.1, 0.15) is 22.8 Å². The monoisotopic (exact) mass is 406 g/mol. The number of para-hydroxylation sites is 2. The number of H-pyrrole nitrogens is 1. The molecule has 0 atom stereocenters. The van der Waals surface area contributed by atoms with Crippen LogP contribution in [0.5, 0.6) is 0 Å². The molecule has 0 fully saturated rings. The maximum absolute atomic E-state index is 14.1. The van der Waals surface area contributed by atoms with Gasteiger partial charge in [0, 0.05) is 22.4 Å². The number of benzene rings is 3. The molecule has 0 radical (unpaired) electrons. The highest BCUT2D eigenvalue weighted by molar-refractivity contribution is 5.98. The van der Waals surface area contributed by atoms with Gasteiger partial charge in [0.25, 0.3) is 0 Å². The second-order valence-electron chi connectivity index (χ2n) is 7.15. The maximum Gasteiger partial charge on any atom is 0.181 e. The lowest BCUT2D eigenvalue weighted by atomic mass is 10.1. The maximum atomic E-state index is 14.1. The van der Waals surface area contributed by atoms with E-state index in [0.717, 1.165) is 21.7 Å². The first-order valence-corrected chi connectivity index (χ1v) is 9.78. The van der Waals surface area contributed by atoms with Crippen LogP contribution in [0.4, 0.5) is 16.0 Å². The van der Waals surface area contributed by atoms with Crippen molar-refractivity contribution < 1.29 is 4.39 Å². The van der Waals surface area contributed by atoms with E-state index in [9.17, 15) is 4.39 Å². The molecule has 0 spiro atoms. The molecule has 6 nitrogen and oxygen atoms in total. The lowest BCUT2D eigenvalue weighted by Crippen LogP contribution is -2.01. The predicted octanol–water partition coefficient (Wildman–Crippen LogP) is 5.60. The van der Waals surface area contributed by atoms with Crippen molar-refractivity contribution in [2.24, 2.45) is 0 Å². The number of halogens is 1. The van der Waals surface area contributed by atoms with Crippen LogP contribution < -0.4 is 5.32 Å². The van der Waals surface area contributed by atoms with Crippen LogP contribution in [-0.2, 0) is 0 Å². The SMILES string of the molecule is Fc1cccc2c(Nc3nc(-c4nccc5ccccc45)nc4ccccc34)n[nH]c12. The Hall–Kier alpha value is -4.39. The molecule has 3 aromatic carbocycles. The van der Waals surface area contributed by atoms with Crippen molar-refractivity contribution in [2.75, 3.05) is 5.32 Å². The lowest BCUT2D eigenvalue weighted by Gasteiger charge is -2.11. The Balaban J connectivity index is 1.56. The topological polar surface area (TPSA) is 79.4 Å². The van der Waals surface area contributed by atoms with E-state index in [4.69, 9.17) is 9.97 Å². The molecule has 3 heterocycles. The van der Waals surface area contributed by atoms with Crippen LogP contribution in [0, 0.1) is 5.82 Å². The summed E-state index contributed by atoms with van der Waals surface area (Å²) in [6, 6.07) is 22.5. The van der Waals surface area contributed by atoms with Gasteiger partial charge in [-0.1, -0.05) is 42.5 Å².